The van der Waals surface area contributed by atoms with Gasteiger partial charge in [-0.15, -0.1) is 0 Å². The first-order chi connectivity index (χ1) is 10.6. The van der Waals surface area contributed by atoms with Crippen LogP contribution in [-0.2, 0) is 16.4 Å². The topological polar surface area (TPSA) is 97.1 Å². The smallest absolute Gasteiger partial charge is 0.258 e. The second-order valence-electron chi connectivity index (χ2n) is 5.49. The largest absolute Gasteiger partial charge is 0.336 e. The second kappa shape index (κ2) is 6.31. The van der Waals surface area contributed by atoms with E-state index in [1.54, 1.807) is 6.07 Å². The molecule has 1 aliphatic rings. The summed E-state index contributed by atoms with van der Waals surface area (Å²) in [6, 6.07) is 1.99. The summed E-state index contributed by atoms with van der Waals surface area (Å²) in [6.07, 6.45) is 5.03. The SMILES string of the molecule is CCc1noc2ncc(S(=O)(=O)NCC[C@H]3CCCN3)cc12. The predicted molar refractivity (Wildman–Crippen MR) is 82.0 cm³/mol. The summed E-state index contributed by atoms with van der Waals surface area (Å²) in [7, 11) is -3.56. The zero-order valence-electron chi connectivity index (χ0n) is 12.5. The maximum absolute atomic E-state index is 12.3. The summed E-state index contributed by atoms with van der Waals surface area (Å²) in [5, 5.41) is 7.90. The van der Waals surface area contributed by atoms with Crippen LogP contribution >= 0.6 is 0 Å². The van der Waals surface area contributed by atoms with Crippen LogP contribution in [0, 0.1) is 0 Å². The fraction of sp³-hybridized carbons (Fsp3) is 0.571. The van der Waals surface area contributed by atoms with Gasteiger partial charge in [0.2, 0.25) is 10.0 Å². The molecule has 0 spiro atoms. The van der Waals surface area contributed by atoms with Crippen molar-refractivity contribution in [3.05, 3.63) is 18.0 Å². The number of rotatable bonds is 6. The number of aromatic nitrogens is 2. The Balaban J connectivity index is 1.73. The van der Waals surface area contributed by atoms with Crippen LogP contribution in [0.4, 0.5) is 0 Å². The van der Waals surface area contributed by atoms with Crippen molar-refractivity contribution in [2.24, 2.45) is 0 Å². The molecule has 1 atom stereocenters. The van der Waals surface area contributed by atoms with Gasteiger partial charge in [-0.2, -0.15) is 0 Å². The number of nitrogens with zero attached hydrogens (tertiary/aromatic N) is 2. The summed E-state index contributed by atoms with van der Waals surface area (Å²) < 4.78 is 32.4. The molecule has 8 heteroatoms. The highest BCUT2D eigenvalue weighted by Gasteiger charge is 2.19. The number of sulfonamides is 1. The lowest BCUT2D eigenvalue weighted by Gasteiger charge is -2.11. The maximum Gasteiger partial charge on any atom is 0.258 e. The molecule has 7 nitrogen and oxygen atoms in total. The van der Waals surface area contributed by atoms with Gasteiger partial charge in [-0.3, -0.25) is 0 Å². The molecular formula is C14H20N4O3S. The zero-order valence-corrected chi connectivity index (χ0v) is 13.3. The highest BCUT2D eigenvalue weighted by Crippen LogP contribution is 2.20. The Kier molecular flexibility index (Phi) is 4.42. The number of nitrogens with one attached hydrogen (secondary N) is 2. The van der Waals surface area contributed by atoms with Gasteiger partial charge in [0.05, 0.1) is 17.3 Å². The van der Waals surface area contributed by atoms with Crippen molar-refractivity contribution in [3.63, 3.8) is 0 Å². The molecule has 0 saturated carbocycles. The second-order valence-corrected chi connectivity index (χ2v) is 7.25. The molecule has 3 rings (SSSR count). The van der Waals surface area contributed by atoms with E-state index in [4.69, 9.17) is 4.52 Å². The Morgan fingerprint density at radius 3 is 3.09 bits per heavy atom. The van der Waals surface area contributed by atoms with Gasteiger partial charge in [0.1, 0.15) is 4.90 Å². The van der Waals surface area contributed by atoms with E-state index in [1.807, 2.05) is 6.92 Å². The van der Waals surface area contributed by atoms with Gasteiger partial charge in [-0.05, 0) is 38.3 Å². The van der Waals surface area contributed by atoms with Gasteiger partial charge in [-0.25, -0.2) is 18.1 Å². The van der Waals surface area contributed by atoms with Crippen molar-refractivity contribution in [1.29, 1.82) is 0 Å². The Morgan fingerprint density at radius 2 is 2.36 bits per heavy atom. The molecular weight excluding hydrogens is 304 g/mol. The molecule has 0 radical (unpaired) electrons. The van der Waals surface area contributed by atoms with E-state index in [1.165, 1.54) is 6.20 Å². The van der Waals surface area contributed by atoms with Crippen molar-refractivity contribution in [2.75, 3.05) is 13.1 Å². The fourth-order valence-corrected chi connectivity index (χ4v) is 3.73. The summed E-state index contributed by atoms with van der Waals surface area (Å²) in [5.41, 5.74) is 1.08. The van der Waals surface area contributed by atoms with Crippen molar-refractivity contribution >= 4 is 21.1 Å². The predicted octanol–water partition coefficient (Wildman–Crippen LogP) is 1.21. The molecule has 1 aliphatic heterocycles. The van der Waals surface area contributed by atoms with Gasteiger partial charge in [0.15, 0.2) is 0 Å². The molecule has 0 unspecified atom stereocenters. The molecule has 0 amide bonds. The minimum Gasteiger partial charge on any atom is -0.336 e. The zero-order chi connectivity index (χ0) is 15.6. The number of aryl methyl sites for hydroxylation is 1. The van der Waals surface area contributed by atoms with Crippen LogP contribution in [0.1, 0.15) is 31.9 Å². The molecule has 1 fully saturated rings. The lowest BCUT2D eigenvalue weighted by atomic mass is 10.2. The first-order valence-corrected chi connectivity index (χ1v) is 9.06. The van der Waals surface area contributed by atoms with E-state index in [-0.39, 0.29) is 4.90 Å². The Bertz CT molecular complexity index is 751. The molecule has 0 aromatic carbocycles. The van der Waals surface area contributed by atoms with Crippen molar-refractivity contribution in [2.45, 2.75) is 43.5 Å². The third-order valence-electron chi connectivity index (χ3n) is 3.97. The number of hydrogen-bond donors (Lipinski definition) is 2. The minimum atomic E-state index is -3.56. The van der Waals surface area contributed by atoms with Crippen LogP contribution in [0.2, 0.25) is 0 Å². The van der Waals surface area contributed by atoms with Crippen molar-refractivity contribution in [3.8, 4) is 0 Å². The standard InChI is InChI=1S/C14H20N4O3S/c1-2-13-12-8-11(9-16-14(12)21-18-13)22(19,20)17-7-5-10-4-3-6-15-10/h8-10,15,17H,2-7H2,1H3/t10-/m1/s1. The average molecular weight is 324 g/mol. The third-order valence-corrected chi connectivity index (χ3v) is 5.40. The lowest BCUT2D eigenvalue weighted by molar-refractivity contribution is 0.439. The molecule has 22 heavy (non-hydrogen) atoms. The summed E-state index contributed by atoms with van der Waals surface area (Å²) in [4.78, 5) is 4.19. The molecule has 2 aromatic heterocycles. The van der Waals surface area contributed by atoms with Gasteiger partial charge in [0.25, 0.3) is 5.71 Å². The van der Waals surface area contributed by atoms with E-state index in [2.05, 4.69) is 20.2 Å². The fourth-order valence-electron chi connectivity index (χ4n) is 2.72. The van der Waals surface area contributed by atoms with Crippen LogP contribution in [-0.4, -0.2) is 37.7 Å². The average Bonchev–Trinajstić information content (AvgIpc) is 3.15. The van der Waals surface area contributed by atoms with E-state index in [9.17, 15) is 8.42 Å². The molecule has 3 heterocycles. The Hall–Kier alpha value is -1.51. The highest BCUT2D eigenvalue weighted by molar-refractivity contribution is 7.89. The van der Waals surface area contributed by atoms with Crippen LogP contribution in [0.5, 0.6) is 0 Å². The minimum absolute atomic E-state index is 0.150. The third kappa shape index (κ3) is 3.13. The summed E-state index contributed by atoms with van der Waals surface area (Å²) in [6.45, 7) is 3.37. The van der Waals surface area contributed by atoms with Crippen LogP contribution < -0.4 is 10.0 Å². The van der Waals surface area contributed by atoms with Crippen molar-refractivity contribution in [1.82, 2.24) is 20.2 Å². The molecule has 2 aromatic rings. The van der Waals surface area contributed by atoms with Gasteiger partial charge in [0, 0.05) is 12.6 Å². The van der Waals surface area contributed by atoms with E-state index < -0.39 is 10.0 Å². The first kappa shape index (κ1) is 15.4. The monoisotopic (exact) mass is 324 g/mol. The van der Waals surface area contributed by atoms with Crippen LogP contribution in [0.3, 0.4) is 0 Å². The van der Waals surface area contributed by atoms with Gasteiger partial charge in [-0.1, -0.05) is 12.1 Å². The maximum atomic E-state index is 12.3. The summed E-state index contributed by atoms with van der Waals surface area (Å²) in [5.74, 6) is 0. The lowest BCUT2D eigenvalue weighted by Crippen LogP contribution is -2.30. The Morgan fingerprint density at radius 1 is 1.50 bits per heavy atom. The van der Waals surface area contributed by atoms with E-state index in [0.717, 1.165) is 31.5 Å². The van der Waals surface area contributed by atoms with Crippen LogP contribution in [0.25, 0.3) is 11.1 Å². The summed E-state index contributed by atoms with van der Waals surface area (Å²) >= 11 is 0. The molecule has 120 valence electrons. The number of hydrogen-bond acceptors (Lipinski definition) is 6. The first-order valence-electron chi connectivity index (χ1n) is 7.57. The van der Waals surface area contributed by atoms with Gasteiger partial charge >= 0.3 is 0 Å². The molecule has 0 bridgehead atoms. The van der Waals surface area contributed by atoms with Crippen LogP contribution in [0.15, 0.2) is 21.7 Å². The van der Waals surface area contributed by atoms with Gasteiger partial charge < -0.3 is 9.84 Å². The molecule has 1 saturated heterocycles. The number of pyridine rings is 1. The van der Waals surface area contributed by atoms with Crippen molar-refractivity contribution < 1.29 is 12.9 Å². The molecule has 0 aliphatic carbocycles. The quantitative estimate of drug-likeness (QED) is 0.829. The normalized spacial score (nSPS) is 19.0. The van der Waals surface area contributed by atoms with E-state index >= 15 is 0 Å². The molecule has 2 N–H and O–H groups in total. The highest BCUT2D eigenvalue weighted by atomic mass is 32.2. The Labute approximate surface area is 129 Å². The number of fused-ring (bicyclic) bond motifs is 1. The van der Waals surface area contributed by atoms with E-state index in [0.29, 0.717) is 30.1 Å².